The first-order valence-corrected chi connectivity index (χ1v) is 6.56. The van der Waals surface area contributed by atoms with Crippen LogP contribution in [0.4, 0.5) is 5.69 Å². The van der Waals surface area contributed by atoms with Crippen molar-refractivity contribution in [3.63, 3.8) is 0 Å². The Morgan fingerprint density at radius 3 is 2.43 bits per heavy atom. The van der Waals surface area contributed by atoms with Gasteiger partial charge in [-0.25, -0.2) is 4.98 Å². The molecule has 0 saturated carbocycles. The monoisotopic (exact) mass is 287 g/mol. The molecular weight excluding hydrogens is 270 g/mol. The minimum Gasteiger partial charge on any atom is -0.449 e. The molecule has 0 spiro atoms. The molecule has 1 heterocycles. The molecule has 2 aromatic rings. The van der Waals surface area contributed by atoms with Crippen LogP contribution in [0.2, 0.25) is 0 Å². The van der Waals surface area contributed by atoms with Crippen LogP contribution < -0.4 is 10.6 Å². The molecule has 1 atom stereocenters. The Kier molecular flexibility index (Phi) is 4.37. The van der Waals surface area contributed by atoms with E-state index in [0.29, 0.717) is 11.6 Å². The van der Waals surface area contributed by atoms with Gasteiger partial charge in [-0.05, 0) is 19.1 Å². The average molecular weight is 287 g/mol. The zero-order valence-electron chi connectivity index (χ0n) is 12.1. The van der Waals surface area contributed by atoms with Crippen molar-refractivity contribution in [1.82, 2.24) is 10.3 Å². The largest absolute Gasteiger partial charge is 0.449 e. The molecule has 6 heteroatoms. The smallest absolute Gasteiger partial charge is 0.246 e. The average Bonchev–Trinajstić information content (AvgIpc) is 2.85. The standard InChI is InChI=1S/C15H17N3O3/c1-9(16-10(2)19)15(20)18-13-6-4-12(5-7-13)14-8-21-11(3)17-14/h4-9H,1-3H3,(H,16,19)(H,18,20)/t9-/m0/s1. The van der Waals surface area contributed by atoms with Gasteiger partial charge in [0.2, 0.25) is 11.8 Å². The van der Waals surface area contributed by atoms with Gasteiger partial charge in [0.25, 0.3) is 0 Å². The highest BCUT2D eigenvalue weighted by atomic mass is 16.3. The van der Waals surface area contributed by atoms with Gasteiger partial charge >= 0.3 is 0 Å². The first kappa shape index (κ1) is 14.8. The number of oxazole rings is 1. The summed E-state index contributed by atoms with van der Waals surface area (Å²) in [5.74, 6) is 0.0936. The van der Waals surface area contributed by atoms with Crippen LogP contribution in [-0.2, 0) is 9.59 Å². The van der Waals surface area contributed by atoms with Crippen LogP contribution in [0.5, 0.6) is 0 Å². The molecule has 2 rings (SSSR count). The van der Waals surface area contributed by atoms with Gasteiger partial charge in [-0.2, -0.15) is 0 Å². The van der Waals surface area contributed by atoms with E-state index in [2.05, 4.69) is 15.6 Å². The Bertz CT molecular complexity index is 646. The van der Waals surface area contributed by atoms with Gasteiger partial charge in [0.1, 0.15) is 18.0 Å². The topological polar surface area (TPSA) is 84.2 Å². The summed E-state index contributed by atoms with van der Waals surface area (Å²) in [6, 6.07) is 6.65. The molecule has 2 amide bonds. The van der Waals surface area contributed by atoms with E-state index in [1.807, 2.05) is 12.1 Å². The highest BCUT2D eigenvalue weighted by Gasteiger charge is 2.13. The number of nitrogens with one attached hydrogen (secondary N) is 2. The predicted molar refractivity (Wildman–Crippen MR) is 78.6 cm³/mol. The second-order valence-corrected chi connectivity index (χ2v) is 4.74. The lowest BCUT2D eigenvalue weighted by Gasteiger charge is -2.12. The Morgan fingerprint density at radius 2 is 1.90 bits per heavy atom. The number of anilines is 1. The van der Waals surface area contributed by atoms with Crippen LogP contribution in [0.1, 0.15) is 19.7 Å². The summed E-state index contributed by atoms with van der Waals surface area (Å²) in [6.45, 7) is 4.78. The summed E-state index contributed by atoms with van der Waals surface area (Å²) >= 11 is 0. The van der Waals surface area contributed by atoms with Crippen molar-refractivity contribution in [1.29, 1.82) is 0 Å². The van der Waals surface area contributed by atoms with Crippen LogP contribution in [-0.4, -0.2) is 22.8 Å². The van der Waals surface area contributed by atoms with E-state index in [0.717, 1.165) is 11.3 Å². The van der Waals surface area contributed by atoms with E-state index in [9.17, 15) is 9.59 Å². The van der Waals surface area contributed by atoms with Gasteiger partial charge in [0.05, 0.1) is 0 Å². The molecule has 0 aliphatic heterocycles. The zero-order chi connectivity index (χ0) is 15.4. The summed E-state index contributed by atoms with van der Waals surface area (Å²) in [5.41, 5.74) is 2.30. The first-order valence-electron chi connectivity index (χ1n) is 6.56. The van der Waals surface area contributed by atoms with Crippen molar-refractivity contribution in [3.8, 4) is 11.3 Å². The molecular formula is C15H17N3O3. The third-order valence-electron chi connectivity index (χ3n) is 2.88. The second kappa shape index (κ2) is 6.21. The number of aryl methyl sites for hydroxylation is 1. The molecule has 110 valence electrons. The fourth-order valence-corrected chi connectivity index (χ4v) is 1.84. The molecule has 0 bridgehead atoms. The number of carbonyl (C=O) groups excluding carboxylic acids is 2. The Hall–Kier alpha value is -2.63. The highest BCUT2D eigenvalue weighted by Crippen LogP contribution is 2.20. The lowest BCUT2D eigenvalue weighted by Crippen LogP contribution is -2.40. The summed E-state index contributed by atoms with van der Waals surface area (Å²) in [7, 11) is 0. The van der Waals surface area contributed by atoms with Crippen molar-refractivity contribution < 1.29 is 14.0 Å². The number of aromatic nitrogens is 1. The van der Waals surface area contributed by atoms with Gasteiger partial charge in [-0.1, -0.05) is 12.1 Å². The van der Waals surface area contributed by atoms with Crippen molar-refractivity contribution in [2.75, 3.05) is 5.32 Å². The van der Waals surface area contributed by atoms with Gasteiger partial charge < -0.3 is 15.1 Å². The van der Waals surface area contributed by atoms with Crippen LogP contribution in [0, 0.1) is 6.92 Å². The third-order valence-corrected chi connectivity index (χ3v) is 2.88. The quantitative estimate of drug-likeness (QED) is 0.902. The number of benzene rings is 1. The molecule has 0 radical (unpaired) electrons. The Morgan fingerprint density at radius 1 is 1.24 bits per heavy atom. The molecule has 1 aromatic carbocycles. The van der Waals surface area contributed by atoms with E-state index in [1.165, 1.54) is 6.92 Å². The normalized spacial score (nSPS) is 11.8. The van der Waals surface area contributed by atoms with Crippen LogP contribution in [0.25, 0.3) is 11.3 Å². The van der Waals surface area contributed by atoms with Crippen LogP contribution in [0.3, 0.4) is 0 Å². The Labute approximate surface area is 122 Å². The van der Waals surface area contributed by atoms with Crippen LogP contribution >= 0.6 is 0 Å². The molecule has 6 nitrogen and oxygen atoms in total. The summed E-state index contributed by atoms with van der Waals surface area (Å²) in [6.07, 6.45) is 1.59. The fraction of sp³-hybridized carbons (Fsp3) is 0.267. The SMILES string of the molecule is CC(=O)N[C@@H](C)C(=O)Nc1ccc(-c2coc(C)n2)cc1. The van der Waals surface area contributed by atoms with Gasteiger partial charge in [0.15, 0.2) is 5.89 Å². The van der Waals surface area contributed by atoms with Crippen molar-refractivity contribution >= 4 is 17.5 Å². The summed E-state index contributed by atoms with van der Waals surface area (Å²) in [4.78, 5) is 27.0. The number of nitrogens with zero attached hydrogens (tertiary/aromatic N) is 1. The summed E-state index contributed by atoms with van der Waals surface area (Å²) in [5, 5.41) is 5.26. The van der Waals surface area contributed by atoms with E-state index in [1.54, 1.807) is 32.2 Å². The fourth-order valence-electron chi connectivity index (χ4n) is 1.84. The minimum absolute atomic E-state index is 0.241. The first-order chi connectivity index (χ1) is 9.95. The van der Waals surface area contributed by atoms with E-state index >= 15 is 0 Å². The molecule has 0 aliphatic rings. The molecule has 0 saturated heterocycles. The molecule has 1 aromatic heterocycles. The van der Waals surface area contributed by atoms with Gasteiger partial charge in [-0.3, -0.25) is 9.59 Å². The minimum atomic E-state index is -0.583. The van der Waals surface area contributed by atoms with Gasteiger partial charge in [0, 0.05) is 25.1 Å². The van der Waals surface area contributed by atoms with E-state index in [4.69, 9.17) is 4.42 Å². The molecule has 0 unspecified atom stereocenters. The molecule has 2 N–H and O–H groups in total. The third kappa shape index (κ3) is 3.92. The lowest BCUT2D eigenvalue weighted by molar-refractivity contribution is -0.124. The van der Waals surface area contributed by atoms with Crippen molar-refractivity contribution in [2.45, 2.75) is 26.8 Å². The molecule has 0 fully saturated rings. The maximum atomic E-state index is 11.9. The van der Waals surface area contributed by atoms with Crippen molar-refractivity contribution in [3.05, 3.63) is 36.4 Å². The number of hydrogen-bond acceptors (Lipinski definition) is 4. The van der Waals surface area contributed by atoms with E-state index < -0.39 is 6.04 Å². The predicted octanol–water partition coefficient (Wildman–Crippen LogP) is 2.11. The number of carbonyl (C=O) groups is 2. The number of hydrogen-bond donors (Lipinski definition) is 2. The molecule has 0 aliphatic carbocycles. The van der Waals surface area contributed by atoms with Gasteiger partial charge in [-0.15, -0.1) is 0 Å². The summed E-state index contributed by atoms with van der Waals surface area (Å²) < 4.78 is 5.16. The maximum absolute atomic E-state index is 11.9. The second-order valence-electron chi connectivity index (χ2n) is 4.74. The number of rotatable bonds is 4. The van der Waals surface area contributed by atoms with E-state index in [-0.39, 0.29) is 11.8 Å². The van der Waals surface area contributed by atoms with Crippen LogP contribution in [0.15, 0.2) is 34.9 Å². The Balaban J connectivity index is 2.02. The zero-order valence-corrected chi connectivity index (χ0v) is 12.1. The highest BCUT2D eigenvalue weighted by molar-refractivity contribution is 5.96. The maximum Gasteiger partial charge on any atom is 0.246 e. The number of amides is 2. The van der Waals surface area contributed by atoms with Crippen molar-refractivity contribution in [2.24, 2.45) is 0 Å². The lowest BCUT2D eigenvalue weighted by atomic mass is 10.1. The molecule has 21 heavy (non-hydrogen) atoms.